The molecule has 36 heavy (non-hydrogen) atoms. The van der Waals surface area contributed by atoms with Crippen molar-refractivity contribution >= 4 is 22.8 Å². The Balaban J connectivity index is 0.00000168. The van der Waals surface area contributed by atoms with Crippen LogP contribution in [0.25, 0.3) is 22.2 Å². The Labute approximate surface area is 213 Å². The molecule has 6 rings (SSSR count). The molecule has 0 aromatic carbocycles. The normalized spacial score (nSPS) is 22.5. The fourth-order valence-corrected chi connectivity index (χ4v) is 5.06. The van der Waals surface area contributed by atoms with E-state index in [0.717, 1.165) is 69.5 Å². The third kappa shape index (κ3) is 4.75. The van der Waals surface area contributed by atoms with Crippen molar-refractivity contribution in [1.82, 2.24) is 29.7 Å². The number of amides is 1. The molecule has 1 amide bonds. The number of anilines is 1. The fourth-order valence-electron chi connectivity index (χ4n) is 5.06. The minimum atomic E-state index is 0. The molecule has 2 atom stereocenters. The van der Waals surface area contributed by atoms with Gasteiger partial charge in [0, 0.05) is 58.6 Å². The Morgan fingerprint density at radius 2 is 1.94 bits per heavy atom. The molecule has 0 radical (unpaired) electrons. The molecule has 3 aliphatic rings. The number of fused-ring (bicyclic) bond motifs is 1. The van der Waals surface area contributed by atoms with E-state index in [1.165, 1.54) is 6.33 Å². The zero-order chi connectivity index (χ0) is 24.6. The van der Waals surface area contributed by atoms with Gasteiger partial charge in [-0.1, -0.05) is 6.92 Å². The van der Waals surface area contributed by atoms with E-state index in [-0.39, 0.29) is 20.8 Å². The van der Waals surface area contributed by atoms with Gasteiger partial charge in [0.05, 0.1) is 7.11 Å². The summed E-state index contributed by atoms with van der Waals surface area (Å²) in [5.41, 5.74) is 2.23. The predicted octanol–water partition coefficient (Wildman–Crippen LogP) is 3.27. The van der Waals surface area contributed by atoms with Crippen molar-refractivity contribution in [2.75, 3.05) is 51.7 Å². The van der Waals surface area contributed by atoms with Gasteiger partial charge < -0.3 is 29.6 Å². The van der Waals surface area contributed by atoms with Crippen molar-refractivity contribution in [2.24, 2.45) is 11.8 Å². The molecule has 1 saturated heterocycles. The summed E-state index contributed by atoms with van der Waals surface area (Å²) >= 11 is 0. The molecular weight excluding hydrogens is 458 g/mol. The quantitative estimate of drug-likeness (QED) is 0.466. The van der Waals surface area contributed by atoms with Crippen LogP contribution in [0.4, 0.5) is 5.82 Å². The maximum Gasteiger partial charge on any atom is 0.228 e. The molecule has 4 heterocycles. The summed E-state index contributed by atoms with van der Waals surface area (Å²) in [5, 5.41) is 3.91. The number of hydrogen-bond donors (Lipinski definition) is 2. The second-order valence-electron chi connectivity index (χ2n) is 10.0. The van der Waals surface area contributed by atoms with Crippen LogP contribution in [0, 0.1) is 11.8 Å². The third-order valence-electron chi connectivity index (χ3n) is 7.50. The van der Waals surface area contributed by atoms with Gasteiger partial charge >= 0.3 is 0 Å². The van der Waals surface area contributed by atoms with Crippen LogP contribution in [0.3, 0.4) is 0 Å². The van der Waals surface area contributed by atoms with Gasteiger partial charge in [-0.25, -0.2) is 15.0 Å². The molecule has 10 nitrogen and oxygen atoms in total. The number of H-pyrrole nitrogens is 1. The van der Waals surface area contributed by atoms with E-state index in [9.17, 15) is 4.79 Å². The van der Waals surface area contributed by atoms with Crippen molar-refractivity contribution in [3.8, 4) is 22.9 Å². The Morgan fingerprint density at radius 3 is 2.69 bits per heavy atom. The zero-order valence-electron chi connectivity index (χ0n) is 20.9. The molecule has 3 fully saturated rings. The first-order valence-corrected chi connectivity index (χ1v) is 12.9. The molecule has 0 spiro atoms. The zero-order valence-corrected chi connectivity index (χ0v) is 20.9. The molecule has 10 heteroatoms. The monoisotopic (exact) mass is 495 g/mol. The number of pyridine rings is 1. The highest BCUT2D eigenvalue weighted by molar-refractivity contribution is 5.99. The summed E-state index contributed by atoms with van der Waals surface area (Å²) in [6, 6.07) is 3.80. The van der Waals surface area contributed by atoms with Gasteiger partial charge in [-0.15, -0.1) is 0 Å². The topological polar surface area (TPSA) is 109 Å². The van der Waals surface area contributed by atoms with E-state index in [1.54, 1.807) is 7.11 Å². The Kier molecular flexibility index (Phi) is 6.22. The number of nitrogens with zero attached hydrogens (tertiary/aromatic N) is 5. The number of hydrogen-bond acceptors (Lipinski definition) is 8. The first kappa shape index (κ1) is 23.2. The first-order chi connectivity index (χ1) is 17.6. The summed E-state index contributed by atoms with van der Waals surface area (Å²) in [7, 11) is 1.59. The molecular formula is C26H37N7O3. The maximum atomic E-state index is 12.9. The third-order valence-corrected chi connectivity index (χ3v) is 7.50. The van der Waals surface area contributed by atoms with Gasteiger partial charge in [-0.3, -0.25) is 4.79 Å². The van der Waals surface area contributed by atoms with Crippen LogP contribution in [-0.4, -0.2) is 88.1 Å². The molecule has 3 aromatic heterocycles. The lowest BCUT2D eigenvalue weighted by molar-refractivity contribution is -0.117. The van der Waals surface area contributed by atoms with Crippen molar-refractivity contribution < 1.29 is 17.1 Å². The summed E-state index contributed by atoms with van der Waals surface area (Å²) in [6.45, 7) is 8.77. The molecule has 3 aromatic rings. The largest absolute Gasteiger partial charge is 0.480 e. The number of nitrogens with one attached hydrogen (secondary N) is 2. The van der Waals surface area contributed by atoms with Gasteiger partial charge in [0.2, 0.25) is 17.7 Å². The van der Waals surface area contributed by atoms with E-state index in [0.29, 0.717) is 34.7 Å². The number of aromatic nitrogens is 4. The van der Waals surface area contributed by atoms with Gasteiger partial charge in [-0.2, -0.15) is 0 Å². The Hall–Kier alpha value is -3.24. The lowest BCUT2D eigenvalue weighted by atomic mass is 10.1. The predicted molar refractivity (Wildman–Crippen MR) is 140 cm³/mol. The lowest BCUT2D eigenvalue weighted by Crippen LogP contribution is -2.46. The molecule has 2 aliphatic carbocycles. The van der Waals surface area contributed by atoms with Gasteiger partial charge in [0.1, 0.15) is 29.5 Å². The van der Waals surface area contributed by atoms with E-state index in [2.05, 4.69) is 42.0 Å². The number of carbonyl (C=O) groups is 1. The van der Waals surface area contributed by atoms with Gasteiger partial charge in [0.15, 0.2) is 0 Å². The standard InChI is InChI=1S/C26H33N7O3.2H2/c1-3-32-8-10-33(11-9-32)14-16-12-19(16)24(34)31-21-7-6-18-20(13-27-23(18)30-21)22-25(35-2)28-15-29-26(22)36-17-4-5-17;;/h6-7,13,15-17,19H,3-5,8-12,14H2,1-2H3,(H2,27,30,31,34);2*1H/t16-,19+;;/m1../s1. The van der Waals surface area contributed by atoms with Crippen molar-refractivity contribution in [3.63, 3.8) is 0 Å². The van der Waals surface area contributed by atoms with Crippen LogP contribution in [0.15, 0.2) is 24.7 Å². The summed E-state index contributed by atoms with van der Waals surface area (Å²) in [6.07, 6.45) is 6.52. The molecule has 2 N–H and O–H groups in total. The van der Waals surface area contributed by atoms with Crippen LogP contribution in [-0.2, 0) is 4.79 Å². The second-order valence-corrected chi connectivity index (χ2v) is 10.0. The van der Waals surface area contributed by atoms with E-state index in [1.807, 2.05) is 18.3 Å². The number of piperazine rings is 1. The summed E-state index contributed by atoms with van der Waals surface area (Å²) < 4.78 is 11.5. The van der Waals surface area contributed by atoms with E-state index >= 15 is 0 Å². The lowest BCUT2D eigenvalue weighted by Gasteiger charge is -2.34. The van der Waals surface area contributed by atoms with Crippen LogP contribution in [0.5, 0.6) is 11.8 Å². The Morgan fingerprint density at radius 1 is 1.17 bits per heavy atom. The highest BCUT2D eigenvalue weighted by Crippen LogP contribution is 2.42. The molecule has 0 bridgehead atoms. The number of aromatic amines is 1. The van der Waals surface area contributed by atoms with Crippen molar-refractivity contribution in [3.05, 3.63) is 24.7 Å². The number of methoxy groups -OCH3 is 1. The van der Waals surface area contributed by atoms with Crippen molar-refractivity contribution in [1.29, 1.82) is 0 Å². The highest BCUT2D eigenvalue weighted by atomic mass is 16.5. The van der Waals surface area contributed by atoms with Crippen LogP contribution in [0.1, 0.15) is 29.0 Å². The first-order valence-electron chi connectivity index (χ1n) is 12.9. The maximum absolute atomic E-state index is 12.9. The molecule has 194 valence electrons. The number of carbonyl (C=O) groups excluding carboxylic acids is 1. The van der Waals surface area contributed by atoms with Crippen LogP contribution < -0.4 is 14.8 Å². The van der Waals surface area contributed by atoms with E-state index in [4.69, 9.17) is 9.47 Å². The van der Waals surface area contributed by atoms with Crippen molar-refractivity contribution in [2.45, 2.75) is 32.3 Å². The fraction of sp³-hybridized carbons (Fsp3) is 0.538. The summed E-state index contributed by atoms with van der Waals surface area (Å²) in [5.74, 6) is 2.08. The number of likely N-dealkylation sites (N-methyl/N-ethyl adjacent to an activating group) is 1. The van der Waals surface area contributed by atoms with Gasteiger partial charge in [0.25, 0.3) is 0 Å². The molecule has 0 unspecified atom stereocenters. The minimum absolute atomic E-state index is 0. The highest BCUT2D eigenvalue weighted by Gasteiger charge is 2.44. The smallest absolute Gasteiger partial charge is 0.228 e. The molecule has 1 aliphatic heterocycles. The van der Waals surface area contributed by atoms with Crippen LogP contribution in [0.2, 0.25) is 0 Å². The summed E-state index contributed by atoms with van der Waals surface area (Å²) in [4.78, 5) is 34.4. The molecule has 2 saturated carbocycles. The number of rotatable bonds is 9. The Bertz CT molecular complexity index is 1260. The second kappa shape index (κ2) is 9.67. The SMILES string of the molecule is CCN1CCN(C[C@H]2C[C@@H]2C(=O)Nc2ccc3c(-c4c(OC)ncnc4OC4CC4)c[nH]c3n2)CC1.[HH].[HH]. The van der Waals surface area contributed by atoms with E-state index < -0.39 is 0 Å². The van der Waals surface area contributed by atoms with Gasteiger partial charge in [-0.05, 0) is 43.9 Å². The van der Waals surface area contributed by atoms with Crippen LogP contribution >= 0.6 is 0 Å². The number of ether oxygens (including phenoxy) is 2. The average Bonchev–Trinajstić information content (AvgIpc) is 3.83. The minimum Gasteiger partial charge on any atom is -0.480 e. The average molecular weight is 496 g/mol.